The second kappa shape index (κ2) is 3.59. The molecule has 0 aliphatic carbocycles. The number of benzene rings is 1. The molecule has 0 radical (unpaired) electrons. The fourth-order valence-electron chi connectivity index (χ4n) is 0.997. The minimum atomic E-state index is -0.0166. The van der Waals surface area contributed by atoms with Gasteiger partial charge in [-0.1, -0.05) is 17.7 Å². The van der Waals surface area contributed by atoms with Gasteiger partial charge in [0.2, 0.25) is 0 Å². The lowest BCUT2D eigenvalue weighted by Crippen LogP contribution is -1.97. The second-order valence-corrected chi connectivity index (χ2v) is 2.85. The van der Waals surface area contributed by atoms with E-state index in [1.165, 1.54) is 6.92 Å². The zero-order valence-electron chi connectivity index (χ0n) is 7.02. The molecule has 0 fully saturated rings. The van der Waals surface area contributed by atoms with Gasteiger partial charge >= 0.3 is 0 Å². The molecule has 0 aliphatic heterocycles. The second-order valence-electron chi connectivity index (χ2n) is 2.47. The lowest BCUT2D eigenvalue weighted by molar-refractivity contribution is 0.101. The third-order valence-electron chi connectivity index (χ3n) is 1.65. The normalized spacial score (nSPS) is 9.58. The number of halogens is 1. The highest BCUT2D eigenvalue weighted by atomic mass is 35.5. The van der Waals surface area contributed by atoms with Crippen molar-refractivity contribution in [2.45, 2.75) is 6.92 Å². The van der Waals surface area contributed by atoms with Crippen LogP contribution in [0.5, 0.6) is 0 Å². The summed E-state index contributed by atoms with van der Waals surface area (Å²) < 4.78 is 0. The third kappa shape index (κ3) is 1.59. The molecule has 0 unspecified atom stereocenters. The van der Waals surface area contributed by atoms with Crippen LogP contribution in [0.1, 0.15) is 17.3 Å². The van der Waals surface area contributed by atoms with E-state index in [0.29, 0.717) is 10.6 Å². The molecule has 0 aromatic heterocycles. The maximum absolute atomic E-state index is 11.0. The van der Waals surface area contributed by atoms with Crippen molar-refractivity contribution in [3.05, 3.63) is 28.8 Å². The number of nitrogens with one attached hydrogen (secondary N) is 1. The van der Waals surface area contributed by atoms with E-state index in [9.17, 15) is 4.79 Å². The Morgan fingerprint density at radius 1 is 1.50 bits per heavy atom. The summed E-state index contributed by atoms with van der Waals surface area (Å²) in [6.07, 6.45) is 0. The van der Waals surface area contributed by atoms with Crippen molar-refractivity contribution >= 4 is 23.1 Å². The molecule has 1 rings (SSSR count). The highest BCUT2D eigenvalue weighted by molar-refractivity contribution is 6.36. The van der Waals surface area contributed by atoms with Crippen molar-refractivity contribution < 1.29 is 4.79 Å². The number of carbonyl (C=O) groups excluding carboxylic acids is 1. The number of carbonyl (C=O) groups is 1. The largest absolute Gasteiger partial charge is 0.387 e. The van der Waals surface area contributed by atoms with Crippen LogP contribution in [0.3, 0.4) is 0 Å². The summed E-state index contributed by atoms with van der Waals surface area (Å²) in [4.78, 5) is 11.0. The van der Waals surface area contributed by atoms with Gasteiger partial charge in [-0.2, -0.15) is 0 Å². The number of Topliss-reactive ketones (excluding diaryl/α,β-unsaturated/α-hetero) is 1. The van der Waals surface area contributed by atoms with Crippen molar-refractivity contribution in [2.75, 3.05) is 12.4 Å². The molecule has 1 aromatic carbocycles. The van der Waals surface area contributed by atoms with Crippen molar-refractivity contribution in [1.29, 1.82) is 0 Å². The van der Waals surface area contributed by atoms with E-state index in [1.54, 1.807) is 19.2 Å². The summed E-state index contributed by atoms with van der Waals surface area (Å²) in [5.74, 6) is -0.0166. The highest BCUT2D eigenvalue weighted by Crippen LogP contribution is 2.25. The smallest absolute Gasteiger partial charge is 0.161 e. The fourth-order valence-corrected chi connectivity index (χ4v) is 1.35. The minimum absolute atomic E-state index is 0.0166. The molecule has 1 N–H and O–H groups in total. The van der Waals surface area contributed by atoms with Crippen molar-refractivity contribution in [3.8, 4) is 0 Å². The van der Waals surface area contributed by atoms with Crippen LogP contribution in [0.25, 0.3) is 0 Å². The Hall–Kier alpha value is -1.02. The molecular formula is C9H10ClNO. The molecule has 0 saturated carbocycles. The van der Waals surface area contributed by atoms with Crippen LogP contribution in [-0.2, 0) is 0 Å². The van der Waals surface area contributed by atoms with Gasteiger partial charge in [0.15, 0.2) is 5.78 Å². The van der Waals surface area contributed by atoms with Crippen LogP contribution in [0.4, 0.5) is 5.69 Å². The Bertz CT molecular complexity index is 309. The van der Waals surface area contributed by atoms with E-state index in [4.69, 9.17) is 11.6 Å². The molecule has 3 heteroatoms. The first-order valence-electron chi connectivity index (χ1n) is 3.64. The van der Waals surface area contributed by atoms with E-state index in [0.717, 1.165) is 5.69 Å². The van der Waals surface area contributed by atoms with Crippen LogP contribution in [0.2, 0.25) is 5.02 Å². The molecule has 1 aromatic rings. The van der Waals surface area contributed by atoms with Gasteiger partial charge in [0, 0.05) is 12.6 Å². The number of hydrogen-bond acceptors (Lipinski definition) is 2. The summed E-state index contributed by atoms with van der Waals surface area (Å²) in [6.45, 7) is 1.50. The first-order chi connectivity index (χ1) is 5.66. The number of hydrogen-bond donors (Lipinski definition) is 1. The Kier molecular flexibility index (Phi) is 2.71. The summed E-state index contributed by atoms with van der Waals surface area (Å²) in [7, 11) is 1.77. The summed E-state index contributed by atoms with van der Waals surface area (Å²) in [5, 5.41) is 3.40. The van der Waals surface area contributed by atoms with Gasteiger partial charge in [-0.05, 0) is 19.1 Å². The minimum Gasteiger partial charge on any atom is -0.387 e. The molecule has 12 heavy (non-hydrogen) atoms. The first-order valence-corrected chi connectivity index (χ1v) is 4.02. The average molecular weight is 184 g/mol. The Morgan fingerprint density at radius 3 is 2.67 bits per heavy atom. The molecule has 0 aliphatic rings. The molecule has 0 amide bonds. The van der Waals surface area contributed by atoms with Crippen LogP contribution in [-0.4, -0.2) is 12.8 Å². The molecule has 0 bridgehead atoms. The number of ketones is 1. The van der Waals surface area contributed by atoms with Gasteiger partial charge < -0.3 is 5.32 Å². The molecule has 0 atom stereocenters. The van der Waals surface area contributed by atoms with E-state index in [1.807, 2.05) is 6.07 Å². The van der Waals surface area contributed by atoms with E-state index in [-0.39, 0.29) is 5.78 Å². The quantitative estimate of drug-likeness (QED) is 0.715. The molecule has 2 nitrogen and oxygen atoms in total. The molecular weight excluding hydrogens is 174 g/mol. The SMILES string of the molecule is CNc1cccc(C(C)=O)c1Cl. The lowest BCUT2D eigenvalue weighted by atomic mass is 10.1. The Balaban J connectivity index is 3.23. The van der Waals surface area contributed by atoms with Gasteiger partial charge in [0.1, 0.15) is 0 Å². The zero-order chi connectivity index (χ0) is 9.14. The van der Waals surface area contributed by atoms with E-state index < -0.39 is 0 Å². The summed E-state index contributed by atoms with van der Waals surface area (Å²) in [5.41, 5.74) is 1.34. The predicted octanol–water partition coefficient (Wildman–Crippen LogP) is 2.58. The van der Waals surface area contributed by atoms with E-state index >= 15 is 0 Å². The van der Waals surface area contributed by atoms with Gasteiger partial charge in [0.25, 0.3) is 0 Å². The predicted molar refractivity (Wildman–Crippen MR) is 51.0 cm³/mol. The zero-order valence-corrected chi connectivity index (χ0v) is 7.77. The molecule has 0 spiro atoms. The van der Waals surface area contributed by atoms with Crippen LogP contribution in [0.15, 0.2) is 18.2 Å². The summed E-state index contributed by atoms with van der Waals surface area (Å²) >= 11 is 5.92. The maximum atomic E-state index is 11.0. The highest BCUT2D eigenvalue weighted by Gasteiger charge is 2.07. The van der Waals surface area contributed by atoms with Crippen molar-refractivity contribution in [1.82, 2.24) is 0 Å². The third-order valence-corrected chi connectivity index (χ3v) is 2.05. The molecule has 64 valence electrons. The molecule has 0 heterocycles. The Morgan fingerprint density at radius 2 is 2.17 bits per heavy atom. The van der Waals surface area contributed by atoms with Crippen LogP contribution < -0.4 is 5.32 Å². The molecule has 0 saturated heterocycles. The van der Waals surface area contributed by atoms with Crippen LogP contribution in [0, 0.1) is 0 Å². The lowest BCUT2D eigenvalue weighted by Gasteiger charge is -2.05. The number of anilines is 1. The van der Waals surface area contributed by atoms with Gasteiger partial charge in [0.05, 0.1) is 10.7 Å². The number of rotatable bonds is 2. The van der Waals surface area contributed by atoms with Crippen molar-refractivity contribution in [3.63, 3.8) is 0 Å². The maximum Gasteiger partial charge on any atom is 0.161 e. The Labute approximate surface area is 76.5 Å². The fraction of sp³-hybridized carbons (Fsp3) is 0.222. The van der Waals surface area contributed by atoms with Gasteiger partial charge in [-0.25, -0.2) is 0 Å². The average Bonchev–Trinajstić information content (AvgIpc) is 2.04. The van der Waals surface area contributed by atoms with Gasteiger partial charge in [-0.3, -0.25) is 4.79 Å². The topological polar surface area (TPSA) is 29.1 Å². The summed E-state index contributed by atoms with van der Waals surface area (Å²) in [6, 6.07) is 5.34. The van der Waals surface area contributed by atoms with Crippen molar-refractivity contribution in [2.24, 2.45) is 0 Å². The first kappa shape index (κ1) is 9.07. The van der Waals surface area contributed by atoms with Gasteiger partial charge in [-0.15, -0.1) is 0 Å². The van der Waals surface area contributed by atoms with E-state index in [2.05, 4.69) is 5.32 Å². The standard InChI is InChI=1S/C9H10ClNO/c1-6(12)7-4-3-5-8(11-2)9(7)10/h3-5,11H,1-2H3. The monoisotopic (exact) mass is 183 g/mol. The van der Waals surface area contributed by atoms with Crippen LogP contribution >= 0.6 is 11.6 Å².